The molecule has 0 aliphatic heterocycles. The summed E-state index contributed by atoms with van der Waals surface area (Å²) in [5.41, 5.74) is 0. The predicted molar refractivity (Wildman–Crippen MR) is 105 cm³/mol. The molecule has 0 rings (SSSR count). The fourth-order valence-electron chi connectivity index (χ4n) is 3.20. The molecule has 0 heterocycles. The van der Waals surface area contributed by atoms with Crippen LogP contribution in [0.2, 0.25) is 0 Å². The Bertz CT molecular complexity index is 374. The van der Waals surface area contributed by atoms with E-state index in [1.54, 1.807) is 0 Å². The van der Waals surface area contributed by atoms with Crippen LogP contribution in [0, 0.1) is 0 Å². The SMILES string of the molecule is CCCCCCCCCC(O)CCCCCCCCCCS(=O)(=O)[O-].[Na+]. The molecule has 0 spiro atoms. The first-order chi connectivity index (χ1) is 12.0. The van der Waals surface area contributed by atoms with Gasteiger partial charge >= 0.3 is 29.6 Å². The van der Waals surface area contributed by atoms with Crippen LogP contribution in [0.25, 0.3) is 0 Å². The molecule has 152 valence electrons. The van der Waals surface area contributed by atoms with E-state index in [1.807, 2.05) is 0 Å². The minimum atomic E-state index is -4.02. The van der Waals surface area contributed by atoms with Crippen molar-refractivity contribution in [2.45, 2.75) is 122 Å². The smallest absolute Gasteiger partial charge is 0.748 e. The molecule has 0 fully saturated rings. The summed E-state index contributed by atoms with van der Waals surface area (Å²) in [5.74, 6) is -0.219. The normalized spacial score (nSPS) is 12.7. The fourth-order valence-corrected chi connectivity index (χ4v) is 3.76. The topological polar surface area (TPSA) is 77.4 Å². The van der Waals surface area contributed by atoms with Gasteiger partial charge in [-0.2, -0.15) is 0 Å². The van der Waals surface area contributed by atoms with Gasteiger partial charge in [-0.3, -0.25) is 0 Å². The zero-order chi connectivity index (χ0) is 18.8. The minimum Gasteiger partial charge on any atom is -0.748 e. The average Bonchev–Trinajstić information content (AvgIpc) is 2.54. The van der Waals surface area contributed by atoms with E-state index >= 15 is 0 Å². The van der Waals surface area contributed by atoms with Gasteiger partial charge in [-0.25, -0.2) is 8.42 Å². The zero-order valence-corrected chi connectivity index (χ0v) is 20.2. The van der Waals surface area contributed by atoms with E-state index in [9.17, 15) is 18.1 Å². The van der Waals surface area contributed by atoms with Crippen LogP contribution in [0.3, 0.4) is 0 Å². The van der Waals surface area contributed by atoms with E-state index in [1.165, 1.54) is 51.4 Å². The van der Waals surface area contributed by atoms with Crippen LogP contribution in [0.4, 0.5) is 0 Å². The van der Waals surface area contributed by atoms with Crippen LogP contribution >= 0.6 is 0 Å². The van der Waals surface area contributed by atoms with Gasteiger partial charge in [0.1, 0.15) is 0 Å². The number of aliphatic hydroxyl groups excluding tert-OH is 1. The second-order valence-corrected chi connectivity index (χ2v) is 8.97. The quantitative estimate of drug-likeness (QED) is 0.205. The molecule has 0 radical (unpaired) electrons. The van der Waals surface area contributed by atoms with Gasteiger partial charge in [-0.15, -0.1) is 0 Å². The van der Waals surface area contributed by atoms with Crippen molar-refractivity contribution in [1.82, 2.24) is 0 Å². The van der Waals surface area contributed by atoms with Crippen LogP contribution in [-0.4, -0.2) is 29.9 Å². The minimum absolute atomic E-state index is 0. The van der Waals surface area contributed by atoms with Crippen molar-refractivity contribution in [3.8, 4) is 0 Å². The van der Waals surface area contributed by atoms with Crippen LogP contribution in [0.1, 0.15) is 116 Å². The molecule has 0 aliphatic rings. The number of hydrogen-bond acceptors (Lipinski definition) is 4. The standard InChI is InChI=1S/C20H42O4S.Na/c1-2-3-4-5-8-11-14-17-20(21)18-15-12-9-6-7-10-13-16-19-25(22,23)24;/h20-21H,2-19H2,1H3,(H,22,23,24);/q;+1/p-1. The molecule has 1 N–H and O–H groups in total. The first kappa shape index (κ1) is 29.1. The number of rotatable bonds is 19. The van der Waals surface area contributed by atoms with E-state index in [0.29, 0.717) is 6.42 Å². The maximum atomic E-state index is 10.5. The summed E-state index contributed by atoms with van der Waals surface area (Å²) < 4.78 is 31.4. The van der Waals surface area contributed by atoms with Crippen molar-refractivity contribution in [2.75, 3.05) is 5.75 Å². The molecule has 0 aromatic heterocycles. The number of aliphatic hydroxyl groups is 1. The summed E-state index contributed by atoms with van der Waals surface area (Å²) in [5, 5.41) is 9.98. The molecule has 0 saturated heterocycles. The van der Waals surface area contributed by atoms with Crippen molar-refractivity contribution in [2.24, 2.45) is 0 Å². The number of unbranched alkanes of at least 4 members (excludes halogenated alkanes) is 13. The predicted octanol–water partition coefficient (Wildman–Crippen LogP) is 2.55. The van der Waals surface area contributed by atoms with E-state index in [-0.39, 0.29) is 41.4 Å². The largest absolute Gasteiger partial charge is 1.00 e. The van der Waals surface area contributed by atoms with E-state index < -0.39 is 10.1 Å². The Balaban J connectivity index is 0. The Morgan fingerprint density at radius 3 is 1.42 bits per heavy atom. The van der Waals surface area contributed by atoms with Crippen LogP contribution in [-0.2, 0) is 10.1 Å². The van der Waals surface area contributed by atoms with Crippen molar-refractivity contribution in [1.29, 1.82) is 0 Å². The summed E-state index contributed by atoms with van der Waals surface area (Å²) in [6.45, 7) is 2.24. The Hall–Kier alpha value is 0.870. The molecule has 0 bridgehead atoms. The molecule has 0 aromatic carbocycles. The Morgan fingerprint density at radius 2 is 1.04 bits per heavy atom. The molecule has 0 saturated carbocycles. The van der Waals surface area contributed by atoms with Crippen molar-refractivity contribution in [3.05, 3.63) is 0 Å². The maximum Gasteiger partial charge on any atom is 1.00 e. The third-order valence-corrected chi connectivity index (χ3v) is 5.61. The fraction of sp³-hybridized carbons (Fsp3) is 1.00. The Kier molecular flexibility index (Phi) is 23.0. The Labute approximate surface area is 185 Å². The summed E-state index contributed by atoms with van der Waals surface area (Å²) in [4.78, 5) is 0. The third-order valence-electron chi connectivity index (χ3n) is 4.82. The van der Waals surface area contributed by atoms with E-state index in [0.717, 1.165) is 51.4 Å². The summed E-state index contributed by atoms with van der Waals surface area (Å²) >= 11 is 0. The van der Waals surface area contributed by atoms with Gasteiger partial charge in [-0.05, 0) is 19.3 Å². The van der Waals surface area contributed by atoms with Crippen molar-refractivity contribution < 1.29 is 47.6 Å². The van der Waals surface area contributed by atoms with Crippen LogP contribution in [0.15, 0.2) is 0 Å². The van der Waals surface area contributed by atoms with Crippen molar-refractivity contribution >= 4 is 10.1 Å². The van der Waals surface area contributed by atoms with Gasteiger partial charge in [0.25, 0.3) is 0 Å². The van der Waals surface area contributed by atoms with Gasteiger partial charge in [0.05, 0.1) is 16.2 Å². The molecule has 1 unspecified atom stereocenters. The van der Waals surface area contributed by atoms with Gasteiger partial charge in [0.15, 0.2) is 0 Å². The third kappa shape index (κ3) is 24.9. The molecule has 0 amide bonds. The maximum absolute atomic E-state index is 10.5. The zero-order valence-electron chi connectivity index (χ0n) is 17.4. The molecule has 0 aromatic rings. The summed E-state index contributed by atoms with van der Waals surface area (Å²) in [6, 6.07) is 0. The van der Waals surface area contributed by atoms with Crippen LogP contribution in [0.5, 0.6) is 0 Å². The molecule has 0 aliphatic carbocycles. The first-order valence-electron chi connectivity index (χ1n) is 10.6. The second-order valence-electron chi connectivity index (χ2n) is 7.44. The molecule has 26 heavy (non-hydrogen) atoms. The first-order valence-corrected chi connectivity index (χ1v) is 12.1. The Morgan fingerprint density at radius 1 is 0.692 bits per heavy atom. The van der Waals surface area contributed by atoms with Gasteiger partial charge in [-0.1, -0.05) is 96.8 Å². The van der Waals surface area contributed by atoms with E-state index in [2.05, 4.69) is 6.92 Å². The molecule has 6 heteroatoms. The van der Waals surface area contributed by atoms with Crippen molar-refractivity contribution in [3.63, 3.8) is 0 Å². The summed E-state index contributed by atoms with van der Waals surface area (Å²) in [7, 11) is -4.02. The van der Waals surface area contributed by atoms with Gasteiger partial charge in [0.2, 0.25) is 0 Å². The molecule has 1 atom stereocenters. The molecular formula is C20H41NaO4S. The number of hydrogen-bond donors (Lipinski definition) is 1. The second kappa shape index (κ2) is 20.6. The molecule has 4 nitrogen and oxygen atoms in total. The van der Waals surface area contributed by atoms with Gasteiger partial charge in [0, 0.05) is 5.75 Å². The monoisotopic (exact) mass is 400 g/mol. The average molecular weight is 401 g/mol. The van der Waals surface area contributed by atoms with Crippen LogP contribution < -0.4 is 29.6 Å². The summed E-state index contributed by atoms with van der Waals surface area (Å²) in [6.07, 6.45) is 18.9. The van der Waals surface area contributed by atoms with E-state index in [4.69, 9.17) is 0 Å². The van der Waals surface area contributed by atoms with Gasteiger partial charge < -0.3 is 9.66 Å². The molecular weight excluding hydrogens is 359 g/mol.